The molecule has 2 rings (SSSR count). The fraction of sp³-hybridized carbons (Fsp3) is 0.368. The Morgan fingerprint density at radius 3 is 2.35 bits per heavy atom. The van der Waals surface area contributed by atoms with E-state index in [1.54, 1.807) is 6.07 Å². The van der Waals surface area contributed by atoms with Crippen LogP contribution in [0.2, 0.25) is 0 Å². The molecule has 0 unspecified atom stereocenters. The maximum atomic E-state index is 14.3. The van der Waals surface area contributed by atoms with E-state index in [0.29, 0.717) is 24.2 Å². The van der Waals surface area contributed by atoms with Gasteiger partial charge in [-0.1, -0.05) is 38.5 Å². The largest absolute Gasteiger partial charge is 0.491 e. The average Bonchev–Trinajstić information content (AvgIpc) is 2.55. The topological polar surface area (TPSA) is 9.23 Å². The Kier molecular flexibility index (Phi) is 6.08. The van der Waals surface area contributed by atoms with Crippen molar-refractivity contribution < 1.29 is 17.9 Å². The van der Waals surface area contributed by atoms with Crippen LogP contribution in [0.4, 0.5) is 13.2 Å². The molecule has 4 heteroatoms. The Morgan fingerprint density at radius 2 is 1.70 bits per heavy atom. The Labute approximate surface area is 135 Å². The van der Waals surface area contributed by atoms with Crippen molar-refractivity contribution in [2.75, 3.05) is 6.61 Å². The highest BCUT2D eigenvalue weighted by Gasteiger charge is 2.16. The van der Waals surface area contributed by atoms with Crippen LogP contribution in [0.1, 0.15) is 38.7 Å². The van der Waals surface area contributed by atoms with Gasteiger partial charge in [0.05, 0.1) is 6.61 Å². The molecule has 0 radical (unpaired) electrons. The zero-order chi connectivity index (χ0) is 16.8. The number of ether oxygens (including phenoxy) is 1. The minimum Gasteiger partial charge on any atom is -0.491 e. The molecule has 0 saturated heterocycles. The summed E-state index contributed by atoms with van der Waals surface area (Å²) in [4.78, 5) is 0. The third-order valence-electron chi connectivity index (χ3n) is 3.67. The predicted octanol–water partition coefficient (Wildman–Crippen LogP) is 5.90. The van der Waals surface area contributed by atoms with Gasteiger partial charge < -0.3 is 4.74 Å². The van der Waals surface area contributed by atoms with E-state index in [0.717, 1.165) is 19.3 Å². The van der Waals surface area contributed by atoms with E-state index in [-0.39, 0.29) is 11.3 Å². The second kappa shape index (κ2) is 8.04. The molecule has 0 amide bonds. The van der Waals surface area contributed by atoms with Crippen LogP contribution in [-0.2, 0) is 6.42 Å². The molecule has 2 aromatic rings. The molecular formula is C19H21F3O. The van der Waals surface area contributed by atoms with Gasteiger partial charge in [-0.25, -0.2) is 13.2 Å². The van der Waals surface area contributed by atoms with Crippen LogP contribution < -0.4 is 4.74 Å². The molecule has 0 heterocycles. The van der Waals surface area contributed by atoms with Crippen LogP contribution in [0.15, 0.2) is 30.3 Å². The molecular weight excluding hydrogens is 301 g/mol. The molecule has 0 aliphatic rings. The lowest BCUT2D eigenvalue weighted by Crippen LogP contribution is -1.99. The number of hydrogen-bond donors (Lipinski definition) is 0. The minimum absolute atomic E-state index is 0.0590. The van der Waals surface area contributed by atoms with Crippen LogP contribution >= 0.6 is 0 Å². The lowest BCUT2D eigenvalue weighted by molar-refractivity contribution is 0.301. The van der Waals surface area contributed by atoms with E-state index in [9.17, 15) is 13.2 Å². The number of benzene rings is 2. The summed E-state index contributed by atoms with van der Waals surface area (Å²) in [5, 5.41) is 0. The van der Waals surface area contributed by atoms with Gasteiger partial charge in [-0.3, -0.25) is 0 Å². The monoisotopic (exact) mass is 322 g/mol. The highest BCUT2D eigenvalue weighted by Crippen LogP contribution is 2.30. The first-order chi connectivity index (χ1) is 11.1. The van der Waals surface area contributed by atoms with Crippen molar-refractivity contribution in [2.45, 2.75) is 39.5 Å². The van der Waals surface area contributed by atoms with Crippen molar-refractivity contribution in [1.29, 1.82) is 0 Å². The van der Waals surface area contributed by atoms with Gasteiger partial charge in [-0.2, -0.15) is 0 Å². The molecule has 124 valence electrons. The predicted molar refractivity (Wildman–Crippen MR) is 86.2 cm³/mol. The third-order valence-corrected chi connectivity index (χ3v) is 3.67. The van der Waals surface area contributed by atoms with Crippen LogP contribution in [0.3, 0.4) is 0 Å². The SMILES string of the molecule is CCCCc1ccc(-c2ccc(OCCC)c(F)c2)c(F)c1F. The first-order valence-electron chi connectivity index (χ1n) is 7.98. The molecule has 0 atom stereocenters. The maximum Gasteiger partial charge on any atom is 0.166 e. The highest BCUT2D eigenvalue weighted by atomic mass is 19.2. The van der Waals surface area contributed by atoms with E-state index in [4.69, 9.17) is 4.74 Å². The molecule has 0 N–H and O–H groups in total. The summed E-state index contributed by atoms with van der Waals surface area (Å²) in [6.45, 7) is 4.32. The first kappa shape index (κ1) is 17.4. The van der Waals surface area contributed by atoms with E-state index < -0.39 is 17.5 Å². The van der Waals surface area contributed by atoms with Gasteiger partial charge in [-0.15, -0.1) is 0 Å². The maximum absolute atomic E-state index is 14.3. The van der Waals surface area contributed by atoms with E-state index in [1.807, 2.05) is 13.8 Å². The summed E-state index contributed by atoms with van der Waals surface area (Å²) in [7, 11) is 0. The summed E-state index contributed by atoms with van der Waals surface area (Å²) in [5.74, 6) is -2.23. The van der Waals surface area contributed by atoms with Gasteiger partial charge in [0.25, 0.3) is 0 Å². The van der Waals surface area contributed by atoms with E-state index >= 15 is 0 Å². The molecule has 2 aromatic carbocycles. The molecule has 0 bridgehead atoms. The quantitative estimate of drug-likeness (QED) is 0.616. The number of aryl methyl sites for hydroxylation is 1. The molecule has 0 aliphatic carbocycles. The van der Waals surface area contributed by atoms with Crippen LogP contribution in [0, 0.1) is 17.5 Å². The standard InChI is InChI=1S/C19H21F3O/c1-3-5-6-13-7-9-15(19(22)18(13)21)14-8-10-17(16(20)12-14)23-11-4-2/h7-10,12H,3-6,11H2,1-2H3. The zero-order valence-corrected chi connectivity index (χ0v) is 13.5. The second-order valence-corrected chi connectivity index (χ2v) is 5.50. The molecule has 0 spiro atoms. The van der Waals surface area contributed by atoms with Crippen molar-refractivity contribution in [2.24, 2.45) is 0 Å². The molecule has 0 aromatic heterocycles. The number of rotatable bonds is 7. The fourth-order valence-electron chi connectivity index (χ4n) is 2.37. The average molecular weight is 322 g/mol. The lowest BCUT2D eigenvalue weighted by atomic mass is 10.00. The van der Waals surface area contributed by atoms with Crippen molar-refractivity contribution in [3.05, 3.63) is 53.3 Å². The second-order valence-electron chi connectivity index (χ2n) is 5.50. The molecule has 0 fully saturated rings. The molecule has 1 nitrogen and oxygen atoms in total. The van der Waals surface area contributed by atoms with Gasteiger partial charge in [0, 0.05) is 5.56 Å². The zero-order valence-electron chi connectivity index (χ0n) is 13.5. The number of halogens is 3. The summed E-state index contributed by atoms with van der Waals surface area (Å²) in [6, 6.07) is 7.24. The minimum atomic E-state index is -0.930. The van der Waals surface area contributed by atoms with Crippen molar-refractivity contribution in [1.82, 2.24) is 0 Å². The Bertz CT molecular complexity index is 668. The molecule has 0 aliphatic heterocycles. The van der Waals surface area contributed by atoms with Crippen LogP contribution in [-0.4, -0.2) is 6.61 Å². The lowest BCUT2D eigenvalue weighted by Gasteiger charge is -2.11. The number of hydrogen-bond acceptors (Lipinski definition) is 1. The highest BCUT2D eigenvalue weighted by molar-refractivity contribution is 5.65. The Morgan fingerprint density at radius 1 is 0.913 bits per heavy atom. The van der Waals surface area contributed by atoms with Gasteiger partial charge >= 0.3 is 0 Å². The Hall–Kier alpha value is -1.97. The number of unbranched alkanes of at least 4 members (excludes halogenated alkanes) is 1. The van der Waals surface area contributed by atoms with E-state index in [2.05, 4.69) is 0 Å². The Balaban J connectivity index is 2.31. The summed E-state index contributed by atoms with van der Waals surface area (Å²) in [5.41, 5.74) is 0.713. The first-order valence-corrected chi connectivity index (χ1v) is 7.98. The molecule has 0 saturated carbocycles. The van der Waals surface area contributed by atoms with Crippen LogP contribution in [0.5, 0.6) is 5.75 Å². The van der Waals surface area contributed by atoms with Gasteiger partial charge in [0.15, 0.2) is 23.2 Å². The third kappa shape index (κ3) is 4.06. The van der Waals surface area contributed by atoms with Gasteiger partial charge in [0.2, 0.25) is 0 Å². The normalized spacial score (nSPS) is 10.8. The summed E-state index contributed by atoms with van der Waals surface area (Å²) >= 11 is 0. The van der Waals surface area contributed by atoms with Crippen LogP contribution in [0.25, 0.3) is 11.1 Å². The van der Waals surface area contributed by atoms with Crippen molar-refractivity contribution in [3.8, 4) is 16.9 Å². The smallest absolute Gasteiger partial charge is 0.166 e. The van der Waals surface area contributed by atoms with Crippen molar-refractivity contribution in [3.63, 3.8) is 0 Å². The molecule has 23 heavy (non-hydrogen) atoms. The van der Waals surface area contributed by atoms with Crippen molar-refractivity contribution >= 4 is 0 Å². The summed E-state index contributed by atoms with van der Waals surface area (Å²) in [6.07, 6.45) is 2.97. The van der Waals surface area contributed by atoms with E-state index in [1.165, 1.54) is 24.3 Å². The summed E-state index contributed by atoms with van der Waals surface area (Å²) < 4.78 is 47.7. The van der Waals surface area contributed by atoms with Gasteiger partial charge in [-0.05, 0) is 42.5 Å². The fourth-order valence-corrected chi connectivity index (χ4v) is 2.37. The van der Waals surface area contributed by atoms with Gasteiger partial charge in [0.1, 0.15) is 0 Å².